The van der Waals surface area contributed by atoms with Gasteiger partial charge in [0.25, 0.3) is 0 Å². The van der Waals surface area contributed by atoms with Crippen LogP contribution in [-0.2, 0) is 22.8 Å². The molecular formula is C23H31N3O2S. The number of benzene rings is 1. The fraction of sp³-hybridized carbons (Fsp3) is 0.478. The molecule has 1 aromatic carbocycles. The van der Waals surface area contributed by atoms with E-state index in [1.807, 2.05) is 19.2 Å². The summed E-state index contributed by atoms with van der Waals surface area (Å²) in [6.07, 6.45) is 7.58. The van der Waals surface area contributed by atoms with Crippen LogP contribution in [0.15, 0.2) is 41.4 Å². The summed E-state index contributed by atoms with van der Waals surface area (Å²) < 4.78 is 27.2. The minimum absolute atomic E-state index is 0.201. The van der Waals surface area contributed by atoms with Gasteiger partial charge in [-0.3, -0.25) is 4.98 Å². The molecule has 0 spiro atoms. The largest absolute Gasteiger partial charge is 0.328 e. The zero-order valence-corrected chi connectivity index (χ0v) is 18.5. The maximum Gasteiger partial charge on any atom is 0.178 e. The van der Waals surface area contributed by atoms with Crippen molar-refractivity contribution in [2.24, 2.45) is 0 Å². The van der Waals surface area contributed by atoms with Crippen molar-refractivity contribution >= 4 is 20.9 Å². The van der Waals surface area contributed by atoms with Gasteiger partial charge in [0.15, 0.2) is 9.84 Å². The van der Waals surface area contributed by atoms with E-state index in [2.05, 4.69) is 23.4 Å². The second-order valence-corrected chi connectivity index (χ2v) is 9.79. The Morgan fingerprint density at radius 1 is 1.00 bits per heavy atom. The van der Waals surface area contributed by atoms with Gasteiger partial charge in [0.05, 0.1) is 22.4 Å². The molecule has 2 aromatic heterocycles. The van der Waals surface area contributed by atoms with Crippen LogP contribution in [0.2, 0.25) is 0 Å². The highest BCUT2D eigenvalue weighted by Gasteiger charge is 2.15. The Morgan fingerprint density at radius 3 is 2.48 bits per heavy atom. The lowest BCUT2D eigenvalue weighted by atomic mass is 10.2. The molecule has 0 fully saturated rings. The first kappa shape index (κ1) is 21.5. The number of aromatic nitrogens is 3. The molecule has 0 N–H and O–H groups in total. The number of aryl methyl sites for hydroxylation is 4. The van der Waals surface area contributed by atoms with Gasteiger partial charge in [-0.15, -0.1) is 0 Å². The number of hydrogen-bond acceptors (Lipinski definition) is 4. The Bertz CT molecular complexity index is 1060. The average molecular weight is 414 g/mol. The Kier molecular flexibility index (Phi) is 7.06. The number of hydrogen-bond donors (Lipinski definition) is 0. The first-order valence-electron chi connectivity index (χ1n) is 10.5. The third-order valence-corrected chi connectivity index (χ3v) is 7.32. The van der Waals surface area contributed by atoms with Crippen LogP contribution in [0.25, 0.3) is 11.0 Å². The molecule has 0 aliphatic heterocycles. The third-order valence-electron chi connectivity index (χ3n) is 5.50. The van der Waals surface area contributed by atoms with E-state index in [1.54, 1.807) is 24.3 Å². The summed E-state index contributed by atoms with van der Waals surface area (Å²) >= 11 is 0. The van der Waals surface area contributed by atoms with Crippen molar-refractivity contribution in [3.05, 3.63) is 53.6 Å². The van der Waals surface area contributed by atoms with Gasteiger partial charge in [-0.2, -0.15) is 0 Å². The van der Waals surface area contributed by atoms with E-state index in [-0.39, 0.29) is 5.75 Å². The number of nitrogens with zero attached hydrogens (tertiary/aromatic N) is 3. The highest BCUT2D eigenvalue weighted by molar-refractivity contribution is 7.91. The quantitative estimate of drug-likeness (QED) is 0.437. The van der Waals surface area contributed by atoms with Crippen LogP contribution in [0.5, 0.6) is 0 Å². The van der Waals surface area contributed by atoms with Crippen molar-refractivity contribution in [3.8, 4) is 0 Å². The molecule has 0 saturated carbocycles. The van der Waals surface area contributed by atoms with Gasteiger partial charge in [0, 0.05) is 18.7 Å². The Balaban J connectivity index is 1.66. The molecule has 2 heterocycles. The monoisotopic (exact) mass is 413 g/mol. The van der Waals surface area contributed by atoms with Crippen LogP contribution in [0.3, 0.4) is 0 Å². The smallest absolute Gasteiger partial charge is 0.178 e. The molecule has 0 amide bonds. The molecule has 0 unspecified atom stereocenters. The van der Waals surface area contributed by atoms with Crippen molar-refractivity contribution < 1.29 is 8.42 Å². The standard InChI is InChI=1S/C23H31N3O2S/c1-4-5-14-22-25-21-17-24-19(3)18(2)23(21)26(22)15-10-7-11-16-29(27,28)20-12-8-6-9-13-20/h6,8-9,12-13,17H,4-5,7,10-11,14-16H2,1-3H3. The van der Waals surface area contributed by atoms with Gasteiger partial charge in [0.2, 0.25) is 0 Å². The summed E-state index contributed by atoms with van der Waals surface area (Å²) in [7, 11) is -3.19. The zero-order chi connectivity index (χ0) is 20.9. The van der Waals surface area contributed by atoms with E-state index >= 15 is 0 Å². The third kappa shape index (κ3) is 5.04. The molecular weight excluding hydrogens is 382 g/mol. The van der Waals surface area contributed by atoms with Gasteiger partial charge in [-0.25, -0.2) is 13.4 Å². The summed E-state index contributed by atoms with van der Waals surface area (Å²) in [6.45, 7) is 7.20. The maximum atomic E-state index is 12.4. The molecule has 0 atom stereocenters. The normalized spacial score (nSPS) is 12.0. The van der Waals surface area contributed by atoms with Crippen molar-refractivity contribution in [1.29, 1.82) is 0 Å². The van der Waals surface area contributed by atoms with E-state index in [0.29, 0.717) is 11.3 Å². The Hall–Kier alpha value is -2.21. The van der Waals surface area contributed by atoms with E-state index in [4.69, 9.17) is 4.98 Å². The van der Waals surface area contributed by atoms with Crippen LogP contribution in [-0.4, -0.2) is 28.7 Å². The van der Waals surface area contributed by atoms with Gasteiger partial charge in [-0.05, 0) is 50.8 Å². The van der Waals surface area contributed by atoms with Gasteiger partial charge in [-0.1, -0.05) is 38.0 Å². The lowest BCUT2D eigenvalue weighted by molar-refractivity contribution is 0.569. The summed E-state index contributed by atoms with van der Waals surface area (Å²) in [5.41, 5.74) is 4.37. The van der Waals surface area contributed by atoms with Gasteiger partial charge < -0.3 is 4.57 Å². The Labute approximate surface area is 174 Å². The van der Waals surface area contributed by atoms with E-state index in [1.165, 1.54) is 11.1 Å². The summed E-state index contributed by atoms with van der Waals surface area (Å²) in [5, 5.41) is 0. The molecule has 156 valence electrons. The second kappa shape index (κ2) is 9.53. The highest BCUT2D eigenvalue weighted by Crippen LogP contribution is 2.23. The van der Waals surface area contributed by atoms with Crippen LogP contribution in [0, 0.1) is 13.8 Å². The minimum atomic E-state index is -3.19. The van der Waals surface area contributed by atoms with Crippen LogP contribution in [0.1, 0.15) is 56.1 Å². The van der Waals surface area contributed by atoms with Gasteiger partial charge in [0.1, 0.15) is 11.3 Å². The molecule has 6 heteroatoms. The number of fused-ring (bicyclic) bond motifs is 1. The minimum Gasteiger partial charge on any atom is -0.328 e. The number of pyridine rings is 1. The van der Waals surface area contributed by atoms with Crippen molar-refractivity contribution in [3.63, 3.8) is 0 Å². The van der Waals surface area contributed by atoms with Crippen molar-refractivity contribution in [2.75, 3.05) is 5.75 Å². The average Bonchev–Trinajstić information content (AvgIpc) is 3.07. The zero-order valence-electron chi connectivity index (χ0n) is 17.7. The maximum absolute atomic E-state index is 12.4. The molecule has 0 aliphatic carbocycles. The van der Waals surface area contributed by atoms with E-state index in [0.717, 1.165) is 55.7 Å². The molecule has 0 radical (unpaired) electrons. The van der Waals surface area contributed by atoms with Crippen LogP contribution in [0.4, 0.5) is 0 Å². The topological polar surface area (TPSA) is 64.8 Å². The van der Waals surface area contributed by atoms with E-state index in [9.17, 15) is 8.42 Å². The molecule has 29 heavy (non-hydrogen) atoms. The lowest BCUT2D eigenvalue weighted by Crippen LogP contribution is -2.08. The summed E-state index contributed by atoms with van der Waals surface area (Å²) in [5.74, 6) is 1.32. The number of sulfone groups is 1. The highest BCUT2D eigenvalue weighted by atomic mass is 32.2. The number of rotatable bonds is 10. The molecule has 3 rings (SSSR count). The second-order valence-electron chi connectivity index (χ2n) is 7.68. The van der Waals surface area contributed by atoms with Crippen LogP contribution < -0.4 is 0 Å². The first-order valence-corrected chi connectivity index (χ1v) is 12.2. The lowest BCUT2D eigenvalue weighted by Gasteiger charge is -2.11. The molecule has 3 aromatic rings. The molecule has 5 nitrogen and oxygen atoms in total. The first-order chi connectivity index (χ1) is 13.9. The fourth-order valence-corrected chi connectivity index (χ4v) is 5.07. The molecule has 0 aliphatic rings. The Morgan fingerprint density at radius 2 is 1.76 bits per heavy atom. The SMILES string of the molecule is CCCCc1nc2cnc(C)c(C)c2n1CCCCCS(=O)(=O)c1ccccc1. The predicted octanol–water partition coefficient (Wildman–Crippen LogP) is 5.03. The molecule has 0 bridgehead atoms. The van der Waals surface area contributed by atoms with Crippen molar-refractivity contribution in [2.45, 2.75) is 70.7 Å². The molecule has 0 saturated heterocycles. The predicted molar refractivity (Wildman–Crippen MR) is 118 cm³/mol. The summed E-state index contributed by atoms with van der Waals surface area (Å²) in [4.78, 5) is 9.72. The summed E-state index contributed by atoms with van der Waals surface area (Å²) in [6, 6.07) is 8.73. The van der Waals surface area contributed by atoms with Crippen molar-refractivity contribution in [1.82, 2.24) is 14.5 Å². The van der Waals surface area contributed by atoms with Gasteiger partial charge >= 0.3 is 0 Å². The van der Waals surface area contributed by atoms with Crippen LogP contribution >= 0.6 is 0 Å². The number of imidazole rings is 1. The fourth-order valence-electron chi connectivity index (χ4n) is 3.68. The number of unbranched alkanes of at least 4 members (excludes halogenated alkanes) is 3. The van der Waals surface area contributed by atoms with E-state index < -0.39 is 9.84 Å².